The van der Waals surface area contributed by atoms with Crippen molar-refractivity contribution >= 4 is 15.9 Å². The van der Waals surface area contributed by atoms with E-state index in [1.165, 1.54) is 6.92 Å². The zero-order valence-electron chi connectivity index (χ0n) is 20.6. The zero-order valence-corrected chi connectivity index (χ0v) is 21.4. The molecule has 0 spiro atoms. The lowest BCUT2D eigenvalue weighted by Crippen LogP contribution is -2.48. The monoisotopic (exact) mass is 610 g/mol. The lowest BCUT2D eigenvalue weighted by atomic mass is 10.1. The van der Waals surface area contributed by atoms with Crippen molar-refractivity contribution in [3.8, 4) is 11.3 Å². The number of hydrogen-bond acceptors (Lipinski definition) is 7. The molecule has 0 aromatic carbocycles. The van der Waals surface area contributed by atoms with Crippen LogP contribution in [0, 0.1) is 5.82 Å². The van der Waals surface area contributed by atoms with Crippen LogP contribution >= 0.6 is 0 Å². The van der Waals surface area contributed by atoms with Gasteiger partial charge in [0.15, 0.2) is 5.03 Å². The van der Waals surface area contributed by atoms with Crippen LogP contribution in [0.2, 0.25) is 0 Å². The van der Waals surface area contributed by atoms with Crippen LogP contribution in [0.1, 0.15) is 30.3 Å². The lowest BCUT2D eigenvalue weighted by Gasteiger charge is -2.26. The summed E-state index contributed by atoms with van der Waals surface area (Å²) in [6.45, 7) is 0.345. The normalized spacial score (nSPS) is 20.3. The SMILES string of the molecule is C[C@H]1[C@H](F)C[C@@H](C(=O)NCc2cc(-c3cnc(C(F)(F)F)nc3)ncc2C(F)(F)F)N1S(=O)(=O)c1ccc(F)cn1. The Morgan fingerprint density at radius 3 is 2.22 bits per heavy atom. The Labute approximate surface area is 226 Å². The van der Waals surface area contributed by atoms with Gasteiger partial charge in [0, 0.05) is 37.1 Å². The summed E-state index contributed by atoms with van der Waals surface area (Å²) in [6.07, 6.45) is -9.83. The van der Waals surface area contributed by atoms with Crippen LogP contribution < -0.4 is 5.32 Å². The van der Waals surface area contributed by atoms with Crippen LogP contribution in [-0.4, -0.2) is 56.8 Å². The van der Waals surface area contributed by atoms with Crippen LogP contribution in [0.5, 0.6) is 0 Å². The predicted octanol–water partition coefficient (Wildman–Crippen LogP) is 3.92. The van der Waals surface area contributed by atoms with E-state index in [2.05, 4.69) is 25.3 Å². The van der Waals surface area contributed by atoms with Crippen molar-refractivity contribution in [2.24, 2.45) is 0 Å². The smallest absolute Gasteiger partial charge is 0.351 e. The summed E-state index contributed by atoms with van der Waals surface area (Å²) in [6, 6.07) is -0.584. The third kappa shape index (κ3) is 6.27. The van der Waals surface area contributed by atoms with Crippen molar-refractivity contribution in [2.75, 3.05) is 0 Å². The number of carbonyl (C=O) groups is 1. The third-order valence-electron chi connectivity index (χ3n) is 6.17. The molecule has 1 aliphatic rings. The Balaban J connectivity index is 1.61. The molecular weight excluding hydrogens is 592 g/mol. The Bertz CT molecular complexity index is 1530. The summed E-state index contributed by atoms with van der Waals surface area (Å²) in [5, 5.41) is 1.49. The highest BCUT2D eigenvalue weighted by molar-refractivity contribution is 7.89. The average Bonchev–Trinajstić information content (AvgIpc) is 3.21. The van der Waals surface area contributed by atoms with Gasteiger partial charge in [-0.05, 0) is 30.7 Å². The standard InChI is InChI=1S/C23H18F8N6O3S/c1-11-16(25)5-18(37(11)41(39,40)19-3-2-14(24)9-33-19)20(38)34-6-12-4-17(32-10-15(12)22(26,27)28)13-7-35-21(36-8-13)23(29,30)31/h2-4,7-11,16,18H,5-6H2,1H3,(H,34,38)/t11-,16+,18-/m0/s1. The van der Waals surface area contributed by atoms with E-state index in [1.807, 2.05) is 0 Å². The number of rotatable bonds is 6. The van der Waals surface area contributed by atoms with Gasteiger partial charge in [-0.3, -0.25) is 9.78 Å². The summed E-state index contributed by atoms with van der Waals surface area (Å²) < 4.78 is 134. The first-order valence-electron chi connectivity index (χ1n) is 11.5. The van der Waals surface area contributed by atoms with Crippen LogP contribution in [-0.2, 0) is 33.7 Å². The molecule has 220 valence electrons. The molecule has 1 fully saturated rings. The number of nitrogens with zero attached hydrogens (tertiary/aromatic N) is 5. The van der Waals surface area contributed by atoms with Gasteiger partial charge in [-0.15, -0.1) is 0 Å². The number of amides is 1. The Morgan fingerprint density at radius 2 is 1.66 bits per heavy atom. The van der Waals surface area contributed by atoms with Gasteiger partial charge in [0.05, 0.1) is 23.5 Å². The van der Waals surface area contributed by atoms with E-state index in [-0.39, 0.29) is 11.3 Å². The van der Waals surface area contributed by atoms with E-state index in [0.717, 1.165) is 18.2 Å². The van der Waals surface area contributed by atoms with Crippen LogP contribution in [0.15, 0.2) is 48.0 Å². The van der Waals surface area contributed by atoms with Gasteiger partial charge in [-0.2, -0.15) is 30.6 Å². The largest absolute Gasteiger partial charge is 0.451 e. The molecule has 1 amide bonds. The molecule has 9 nitrogen and oxygen atoms in total. The number of carbonyl (C=O) groups excluding carboxylic acids is 1. The van der Waals surface area contributed by atoms with Gasteiger partial charge >= 0.3 is 12.4 Å². The summed E-state index contributed by atoms with van der Waals surface area (Å²) >= 11 is 0. The average molecular weight is 610 g/mol. The second-order valence-corrected chi connectivity index (χ2v) is 10.7. The number of hydrogen-bond donors (Lipinski definition) is 1. The first-order chi connectivity index (χ1) is 19.0. The van der Waals surface area contributed by atoms with Crippen molar-refractivity contribution in [1.29, 1.82) is 0 Å². The molecule has 3 atom stereocenters. The molecule has 3 aromatic heterocycles. The molecule has 0 radical (unpaired) electrons. The number of nitrogens with one attached hydrogen (secondary N) is 1. The van der Waals surface area contributed by atoms with E-state index < -0.39 is 87.3 Å². The molecule has 1 aliphatic heterocycles. The molecule has 0 unspecified atom stereocenters. The number of aromatic nitrogens is 4. The van der Waals surface area contributed by atoms with Crippen molar-refractivity contribution < 1.29 is 48.3 Å². The van der Waals surface area contributed by atoms with Crippen molar-refractivity contribution in [3.63, 3.8) is 0 Å². The minimum atomic E-state index is -4.96. The molecule has 41 heavy (non-hydrogen) atoms. The number of sulfonamides is 1. The minimum Gasteiger partial charge on any atom is -0.351 e. The summed E-state index contributed by atoms with van der Waals surface area (Å²) in [5.74, 6) is -3.46. The summed E-state index contributed by atoms with van der Waals surface area (Å²) in [5.41, 5.74) is -2.28. The highest BCUT2D eigenvalue weighted by Gasteiger charge is 2.49. The second kappa shape index (κ2) is 10.9. The van der Waals surface area contributed by atoms with Crippen LogP contribution in [0.3, 0.4) is 0 Å². The molecule has 0 bridgehead atoms. The maximum absolute atomic E-state index is 14.6. The van der Waals surface area contributed by atoms with Crippen LogP contribution in [0.25, 0.3) is 11.3 Å². The first-order valence-corrected chi connectivity index (χ1v) is 13.0. The maximum atomic E-state index is 14.6. The van der Waals surface area contributed by atoms with E-state index in [1.54, 1.807) is 0 Å². The summed E-state index contributed by atoms with van der Waals surface area (Å²) in [4.78, 5) is 26.4. The van der Waals surface area contributed by atoms with Crippen LogP contribution in [0.4, 0.5) is 35.1 Å². The number of halogens is 8. The predicted molar refractivity (Wildman–Crippen MR) is 123 cm³/mol. The van der Waals surface area contributed by atoms with E-state index in [0.29, 0.717) is 29.1 Å². The molecule has 0 saturated carbocycles. The lowest BCUT2D eigenvalue weighted by molar-refractivity contribution is -0.145. The quantitative estimate of drug-likeness (QED) is 0.421. The highest BCUT2D eigenvalue weighted by atomic mass is 32.2. The fourth-order valence-corrected chi connectivity index (χ4v) is 5.88. The third-order valence-corrected chi connectivity index (χ3v) is 8.09. The van der Waals surface area contributed by atoms with Crippen molar-refractivity contribution in [1.82, 2.24) is 29.6 Å². The highest BCUT2D eigenvalue weighted by Crippen LogP contribution is 2.35. The van der Waals surface area contributed by atoms with Gasteiger partial charge in [0.25, 0.3) is 10.0 Å². The molecule has 1 N–H and O–H groups in total. The molecular formula is C23H18F8N6O3S. The number of pyridine rings is 2. The van der Waals surface area contributed by atoms with E-state index in [9.17, 15) is 48.3 Å². The van der Waals surface area contributed by atoms with Gasteiger partial charge in [-0.25, -0.2) is 32.2 Å². The topological polar surface area (TPSA) is 118 Å². The maximum Gasteiger partial charge on any atom is 0.451 e. The summed E-state index contributed by atoms with van der Waals surface area (Å²) in [7, 11) is -4.63. The molecule has 3 aromatic rings. The van der Waals surface area contributed by atoms with Crippen molar-refractivity contribution in [3.05, 3.63) is 65.8 Å². The molecule has 1 saturated heterocycles. The van der Waals surface area contributed by atoms with Crippen molar-refractivity contribution in [2.45, 2.75) is 55.5 Å². The van der Waals surface area contributed by atoms with Gasteiger partial charge in [-0.1, -0.05) is 0 Å². The van der Waals surface area contributed by atoms with Gasteiger partial charge in [0.2, 0.25) is 11.7 Å². The van der Waals surface area contributed by atoms with E-state index >= 15 is 0 Å². The Kier molecular flexibility index (Phi) is 8.01. The fraction of sp³-hybridized carbons (Fsp3) is 0.348. The second-order valence-electron chi connectivity index (χ2n) is 8.89. The molecule has 18 heteroatoms. The Morgan fingerprint density at radius 1 is 1.00 bits per heavy atom. The molecule has 4 heterocycles. The Hall–Kier alpha value is -3.80. The van der Waals surface area contributed by atoms with E-state index in [4.69, 9.17) is 0 Å². The van der Waals surface area contributed by atoms with Gasteiger partial charge < -0.3 is 5.32 Å². The zero-order chi connectivity index (χ0) is 30.3. The minimum absolute atomic E-state index is 0.159. The molecule has 0 aliphatic carbocycles. The fourth-order valence-electron chi connectivity index (χ4n) is 4.15. The first kappa shape index (κ1) is 30.2. The number of alkyl halides is 7. The van der Waals surface area contributed by atoms with Gasteiger partial charge in [0.1, 0.15) is 18.0 Å². The molecule has 4 rings (SSSR count).